The Kier molecular flexibility index (Phi) is 3.81. The third-order valence-corrected chi connectivity index (χ3v) is 3.14. The first-order chi connectivity index (χ1) is 9.54. The molecule has 8 nitrogen and oxygen atoms in total. The van der Waals surface area contributed by atoms with Crippen molar-refractivity contribution < 1.29 is 14.8 Å². The van der Waals surface area contributed by atoms with Gasteiger partial charge in [-0.15, -0.1) is 0 Å². The van der Waals surface area contributed by atoms with Crippen molar-refractivity contribution in [3.05, 3.63) is 33.9 Å². The summed E-state index contributed by atoms with van der Waals surface area (Å²) in [6.07, 6.45) is 0. The van der Waals surface area contributed by atoms with Crippen LogP contribution in [0.5, 0.6) is 0 Å². The van der Waals surface area contributed by atoms with Gasteiger partial charge < -0.3 is 15.3 Å². The lowest BCUT2D eigenvalue weighted by Crippen LogP contribution is -2.55. The van der Waals surface area contributed by atoms with E-state index in [1.54, 1.807) is 0 Å². The molecule has 1 saturated heterocycles. The van der Waals surface area contributed by atoms with Crippen LogP contribution in [0.1, 0.15) is 5.56 Å². The largest absolute Gasteiger partial charge is 0.480 e. The number of hydrogen-bond donors (Lipinski definition) is 2. The number of benzene rings is 1. The standard InChI is InChI=1S/C12H12N4O4/c13-6-8-1-2-9(10(5-8)16(19)20)15-4-3-14-7-11(15)12(17)18/h1-2,5,11,14H,3-4,7H2,(H,17,18). The predicted octanol–water partition coefficient (Wildman–Crippen LogP) is 0.329. The summed E-state index contributed by atoms with van der Waals surface area (Å²) in [5.41, 5.74) is 0.141. The Bertz CT molecular complexity index is 596. The van der Waals surface area contributed by atoms with E-state index in [-0.39, 0.29) is 23.5 Å². The van der Waals surface area contributed by atoms with Gasteiger partial charge in [-0.25, -0.2) is 4.79 Å². The molecule has 1 heterocycles. The summed E-state index contributed by atoms with van der Waals surface area (Å²) >= 11 is 0. The Morgan fingerprint density at radius 3 is 2.95 bits per heavy atom. The molecule has 1 fully saturated rings. The van der Waals surface area contributed by atoms with E-state index >= 15 is 0 Å². The third kappa shape index (κ3) is 2.53. The number of carboxylic acid groups (broad SMARTS) is 1. The fourth-order valence-corrected chi connectivity index (χ4v) is 2.20. The minimum atomic E-state index is -1.05. The molecule has 2 N–H and O–H groups in total. The molecule has 0 bridgehead atoms. The van der Waals surface area contributed by atoms with Gasteiger partial charge >= 0.3 is 5.97 Å². The van der Waals surface area contributed by atoms with Crippen molar-refractivity contribution >= 4 is 17.3 Å². The van der Waals surface area contributed by atoms with E-state index in [0.717, 1.165) is 6.07 Å². The van der Waals surface area contributed by atoms with E-state index in [9.17, 15) is 20.0 Å². The number of carbonyl (C=O) groups is 1. The number of nitrogens with zero attached hydrogens (tertiary/aromatic N) is 3. The SMILES string of the molecule is N#Cc1ccc(N2CCNCC2C(=O)O)c([N+](=O)[O-])c1. The lowest BCUT2D eigenvalue weighted by atomic mass is 10.1. The monoisotopic (exact) mass is 276 g/mol. The maximum absolute atomic E-state index is 11.2. The summed E-state index contributed by atoms with van der Waals surface area (Å²) in [5, 5.41) is 32.0. The van der Waals surface area contributed by atoms with Crippen LogP contribution in [0.2, 0.25) is 0 Å². The number of aliphatic carboxylic acids is 1. The normalized spacial score (nSPS) is 18.4. The van der Waals surface area contributed by atoms with E-state index in [0.29, 0.717) is 13.1 Å². The number of hydrogen-bond acceptors (Lipinski definition) is 6. The van der Waals surface area contributed by atoms with Crippen molar-refractivity contribution in [1.82, 2.24) is 5.32 Å². The number of anilines is 1. The van der Waals surface area contributed by atoms with E-state index in [1.807, 2.05) is 6.07 Å². The van der Waals surface area contributed by atoms with Gasteiger partial charge in [-0.3, -0.25) is 10.1 Å². The van der Waals surface area contributed by atoms with Gasteiger partial charge in [-0.2, -0.15) is 5.26 Å². The van der Waals surface area contributed by atoms with E-state index in [1.165, 1.54) is 17.0 Å². The molecule has 2 rings (SSSR count). The zero-order valence-corrected chi connectivity index (χ0v) is 10.4. The number of nitriles is 1. The Morgan fingerprint density at radius 1 is 1.60 bits per heavy atom. The average molecular weight is 276 g/mol. The Hall–Kier alpha value is -2.66. The molecule has 0 aliphatic carbocycles. The first kappa shape index (κ1) is 13.8. The van der Waals surface area contributed by atoms with Gasteiger partial charge in [0.25, 0.3) is 5.69 Å². The highest BCUT2D eigenvalue weighted by Crippen LogP contribution is 2.31. The summed E-state index contributed by atoms with van der Waals surface area (Å²) in [7, 11) is 0. The van der Waals surface area contributed by atoms with Crippen molar-refractivity contribution in [3.63, 3.8) is 0 Å². The smallest absolute Gasteiger partial charge is 0.327 e. The molecule has 20 heavy (non-hydrogen) atoms. The predicted molar refractivity (Wildman–Crippen MR) is 69.5 cm³/mol. The highest BCUT2D eigenvalue weighted by atomic mass is 16.6. The molecule has 1 aromatic carbocycles. The fraction of sp³-hybridized carbons (Fsp3) is 0.333. The van der Waals surface area contributed by atoms with Crippen LogP contribution >= 0.6 is 0 Å². The number of nitrogens with one attached hydrogen (secondary N) is 1. The first-order valence-corrected chi connectivity index (χ1v) is 5.93. The number of piperazine rings is 1. The lowest BCUT2D eigenvalue weighted by molar-refractivity contribution is -0.384. The fourth-order valence-electron chi connectivity index (χ4n) is 2.20. The maximum Gasteiger partial charge on any atom is 0.327 e. The molecule has 0 saturated carbocycles. The summed E-state index contributed by atoms with van der Waals surface area (Å²) in [6.45, 7) is 1.11. The minimum absolute atomic E-state index is 0.169. The van der Waals surface area contributed by atoms with Crippen LogP contribution < -0.4 is 10.2 Å². The van der Waals surface area contributed by atoms with Crippen molar-refractivity contribution in [1.29, 1.82) is 5.26 Å². The van der Waals surface area contributed by atoms with Crippen LogP contribution in [-0.4, -0.2) is 41.7 Å². The van der Waals surface area contributed by atoms with Gasteiger partial charge in [0.1, 0.15) is 11.7 Å². The van der Waals surface area contributed by atoms with Crippen LogP contribution in [0.15, 0.2) is 18.2 Å². The van der Waals surface area contributed by atoms with E-state index < -0.39 is 16.9 Å². The van der Waals surface area contributed by atoms with Crippen molar-refractivity contribution in [2.45, 2.75) is 6.04 Å². The van der Waals surface area contributed by atoms with Gasteiger partial charge in [0.05, 0.1) is 16.6 Å². The van der Waals surface area contributed by atoms with Gasteiger partial charge in [0.2, 0.25) is 0 Å². The van der Waals surface area contributed by atoms with Crippen LogP contribution in [0.4, 0.5) is 11.4 Å². The van der Waals surface area contributed by atoms with Gasteiger partial charge in [0.15, 0.2) is 0 Å². The van der Waals surface area contributed by atoms with Crippen molar-refractivity contribution in [3.8, 4) is 6.07 Å². The Labute approximate surface area is 114 Å². The number of nitro benzene ring substituents is 1. The van der Waals surface area contributed by atoms with Gasteiger partial charge in [-0.05, 0) is 12.1 Å². The molecule has 0 aromatic heterocycles. The number of nitro groups is 1. The molecule has 1 aliphatic heterocycles. The molecule has 1 unspecified atom stereocenters. The summed E-state index contributed by atoms with van der Waals surface area (Å²) in [4.78, 5) is 23.2. The number of carboxylic acids is 1. The lowest BCUT2D eigenvalue weighted by Gasteiger charge is -2.34. The Morgan fingerprint density at radius 2 is 2.35 bits per heavy atom. The van der Waals surface area contributed by atoms with Gasteiger partial charge in [0, 0.05) is 25.7 Å². The molecular weight excluding hydrogens is 264 g/mol. The molecule has 0 amide bonds. The second-order valence-corrected chi connectivity index (χ2v) is 4.32. The van der Waals surface area contributed by atoms with Crippen LogP contribution in [0.3, 0.4) is 0 Å². The minimum Gasteiger partial charge on any atom is -0.480 e. The quantitative estimate of drug-likeness (QED) is 0.603. The first-order valence-electron chi connectivity index (χ1n) is 5.93. The van der Waals surface area contributed by atoms with Crippen LogP contribution in [0, 0.1) is 21.4 Å². The molecule has 8 heteroatoms. The van der Waals surface area contributed by atoms with Crippen molar-refractivity contribution in [2.24, 2.45) is 0 Å². The summed E-state index contributed by atoms with van der Waals surface area (Å²) in [6, 6.07) is 5.01. The molecule has 0 radical (unpaired) electrons. The van der Waals surface area contributed by atoms with E-state index in [4.69, 9.17) is 5.26 Å². The zero-order chi connectivity index (χ0) is 14.7. The third-order valence-electron chi connectivity index (χ3n) is 3.14. The molecule has 1 aromatic rings. The Balaban J connectivity index is 2.47. The second kappa shape index (κ2) is 5.54. The molecule has 0 spiro atoms. The van der Waals surface area contributed by atoms with Crippen molar-refractivity contribution in [2.75, 3.05) is 24.5 Å². The summed E-state index contributed by atoms with van der Waals surface area (Å²) in [5.74, 6) is -1.05. The highest BCUT2D eigenvalue weighted by Gasteiger charge is 2.32. The maximum atomic E-state index is 11.2. The van der Waals surface area contributed by atoms with E-state index in [2.05, 4.69) is 5.32 Å². The van der Waals surface area contributed by atoms with Crippen LogP contribution in [-0.2, 0) is 4.79 Å². The number of rotatable bonds is 3. The zero-order valence-electron chi connectivity index (χ0n) is 10.4. The molecular formula is C12H12N4O4. The van der Waals surface area contributed by atoms with Crippen LogP contribution in [0.25, 0.3) is 0 Å². The molecule has 1 aliphatic rings. The average Bonchev–Trinajstić information content (AvgIpc) is 2.46. The topological polar surface area (TPSA) is 120 Å². The summed E-state index contributed by atoms with van der Waals surface area (Å²) < 4.78 is 0. The molecule has 104 valence electrons. The molecule has 1 atom stereocenters. The van der Waals surface area contributed by atoms with Gasteiger partial charge in [-0.1, -0.05) is 0 Å². The highest BCUT2D eigenvalue weighted by molar-refractivity contribution is 5.81. The second-order valence-electron chi connectivity index (χ2n) is 4.32.